The Morgan fingerprint density at radius 1 is 1.12 bits per heavy atom. The summed E-state index contributed by atoms with van der Waals surface area (Å²) in [6.45, 7) is 0. The fourth-order valence-corrected chi connectivity index (χ4v) is 4.63. The number of Topliss-reactive ketones (excluding diaryl/α,β-unsaturated/α-hetero) is 1. The van der Waals surface area contributed by atoms with Crippen LogP contribution >= 0.6 is 0 Å². The molecule has 4 heteroatoms. The van der Waals surface area contributed by atoms with Gasteiger partial charge in [-0.05, 0) is 17.7 Å². The van der Waals surface area contributed by atoms with Crippen LogP contribution in [0.5, 0.6) is 5.75 Å². The molecule has 4 atom stereocenters. The third-order valence-electron chi connectivity index (χ3n) is 5.69. The Morgan fingerprint density at radius 2 is 1.92 bits per heavy atom. The van der Waals surface area contributed by atoms with Crippen LogP contribution in [0.15, 0.2) is 72.5 Å². The van der Waals surface area contributed by atoms with Gasteiger partial charge in [0.2, 0.25) is 0 Å². The third-order valence-corrected chi connectivity index (χ3v) is 5.69. The van der Waals surface area contributed by atoms with Crippen LogP contribution in [0.1, 0.15) is 27.6 Å². The average Bonchev–Trinajstić information content (AvgIpc) is 3.01. The molecule has 1 fully saturated rings. The van der Waals surface area contributed by atoms with Crippen molar-refractivity contribution < 1.29 is 19.4 Å². The van der Waals surface area contributed by atoms with Crippen LogP contribution in [0.3, 0.4) is 0 Å². The number of allylic oxidation sites excluding steroid dienone is 3. The fraction of sp³-hybridized carbons (Fsp3) is 0.227. The van der Waals surface area contributed by atoms with Crippen molar-refractivity contribution in [3.05, 3.63) is 89.2 Å². The lowest BCUT2D eigenvalue weighted by Crippen LogP contribution is -2.47. The van der Waals surface area contributed by atoms with E-state index in [1.165, 1.54) is 0 Å². The molecule has 130 valence electrons. The minimum absolute atomic E-state index is 0.00673. The smallest absolute Gasteiger partial charge is 0.171 e. The summed E-state index contributed by atoms with van der Waals surface area (Å²) < 4.78 is 11.8. The monoisotopic (exact) mass is 346 g/mol. The molecule has 1 heterocycles. The second-order valence-corrected chi connectivity index (χ2v) is 6.94. The molecule has 26 heavy (non-hydrogen) atoms. The maximum Gasteiger partial charge on any atom is 0.171 e. The van der Waals surface area contributed by atoms with Crippen molar-refractivity contribution in [3.63, 3.8) is 0 Å². The number of hydrogen-bond acceptors (Lipinski definition) is 4. The highest BCUT2D eigenvalue weighted by molar-refractivity contribution is 6.03. The molecule has 1 N–H and O–H groups in total. The summed E-state index contributed by atoms with van der Waals surface area (Å²) in [6, 6.07) is 15.0. The minimum atomic E-state index is -1.38. The van der Waals surface area contributed by atoms with Crippen molar-refractivity contribution in [2.45, 2.75) is 11.7 Å². The number of carbonyl (C=O) groups excluding carboxylic acids is 1. The van der Waals surface area contributed by atoms with E-state index >= 15 is 0 Å². The number of fused-ring (bicyclic) bond motifs is 2. The quantitative estimate of drug-likeness (QED) is 0.904. The molecular formula is C22H18O4. The summed E-state index contributed by atoms with van der Waals surface area (Å²) in [5.74, 6) is 0.269. The number of rotatable bonds is 2. The molecule has 1 aliphatic heterocycles. The Labute approximate surface area is 151 Å². The van der Waals surface area contributed by atoms with E-state index in [9.17, 15) is 9.90 Å². The SMILES string of the molecule is COc1cccc2c1C1(O)C(c3ccccc3)OC3=CC=CC(C2=O)C31. The number of ketones is 1. The van der Waals surface area contributed by atoms with Gasteiger partial charge in [0.05, 0.1) is 18.9 Å². The van der Waals surface area contributed by atoms with E-state index in [2.05, 4.69) is 0 Å². The highest BCUT2D eigenvalue weighted by Gasteiger charge is 2.64. The van der Waals surface area contributed by atoms with Gasteiger partial charge in [-0.25, -0.2) is 0 Å². The summed E-state index contributed by atoms with van der Waals surface area (Å²) in [7, 11) is 1.56. The van der Waals surface area contributed by atoms with Crippen LogP contribution in [-0.2, 0) is 10.3 Å². The highest BCUT2D eigenvalue weighted by Crippen LogP contribution is 2.62. The summed E-state index contributed by atoms with van der Waals surface area (Å²) >= 11 is 0. The van der Waals surface area contributed by atoms with Crippen molar-refractivity contribution in [1.29, 1.82) is 0 Å². The molecule has 0 aromatic heterocycles. The van der Waals surface area contributed by atoms with Gasteiger partial charge in [-0.15, -0.1) is 0 Å². The van der Waals surface area contributed by atoms with E-state index in [1.807, 2.05) is 48.6 Å². The molecule has 2 aliphatic carbocycles. The molecule has 2 aromatic rings. The third kappa shape index (κ3) is 1.80. The van der Waals surface area contributed by atoms with Crippen LogP contribution in [-0.4, -0.2) is 18.0 Å². The van der Waals surface area contributed by atoms with Crippen LogP contribution < -0.4 is 4.74 Å². The Kier molecular flexibility index (Phi) is 3.15. The van der Waals surface area contributed by atoms with Crippen molar-refractivity contribution in [1.82, 2.24) is 0 Å². The first kappa shape index (κ1) is 15.4. The van der Waals surface area contributed by atoms with Crippen LogP contribution in [0.2, 0.25) is 0 Å². The van der Waals surface area contributed by atoms with E-state index in [4.69, 9.17) is 9.47 Å². The summed E-state index contributed by atoms with van der Waals surface area (Å²) in [4.78, 5) is 13.1. The molecule has 0 bridgehead atoms. The zero-order valence-corrected chi connectivity index (χ0v) is 14.3. The van der Waals surface area contributed by atoms with Crippen molar-refractivity contribution in [3.8, 4) is 5.75 Å². The minimum Gasteiger partial charge on any atom is -0.496 e. The maximum absolute atomic E-state index is 13.1. The first-order valence-electron chi connectivity index (χ1n) is 8.70. The fourth-order valence-electron chi connectivity index (χ4n) is 4.63. The Hall–Kier alpha value is -2.85. The first-order valence-corrected chi connectivity index (χ1v) is 8.70. The molecule has 0 spiro atoms. The van der Waals surface area contributed by atoms with Crippen LogP contribution in [0, 0.1) is 11.8 Å². The van der Waals surface area contributed by atoms with E-state index in [0.29, 0.717) is 22.6 Å². The Balaban J connectivity index is 1.83. The van der Waals surface area contributed by atoms with E-state index < -0.39 is 23.5 Å². The first-order chi connectivity index (χ1) is 12.7. The molecule has 4 nitrogen and oxygen atoms in total. The molecule has 2 aromatic carbocycles. The molecular weight excluding hydrogens is 328 g/mol. The number of methoxy groups -OCH3 is 1. The lowest BCUT2D eigenvalue weighted by molar-refractivity contribution is -0.0690. The molecule has 5 rings (SSSR count). The van der Waals surface area contributed by atoms with Gasteiger partial charge in [-0.3, -0.25) is 4.79 Å². The highest BCUT2D eigenvalue weighted by atomic mass is 16.5. The van der Waals surface area contributed by atoms with Gasteiger partial charge in [0.1, 0.15) is 17.1 Å². The Bertz CT molecular complexity index is 959. The van der Waals surface area contributed by atoms with Crippen LogP contribution in [0.25, 0.3) is 0 Å². The maximum atomic E-state index is 13.1. The molecule has 3 aliphatic rings. The van der Waals surface area contributed by atoms with E-state index in [-0.39, 0.29) is 5.78 Å². The van der Waals surface area contributed by atoms with Gasteiger partial charge in [-0.1, -0.05) is 54.6 Å². The van der Waals surface area contributed by atoms with Gasteiger partial charge in [0.25, 0.3) is 0 Å². The molecule has 0 amide bonds. The van der Waals surface area contributed by atoms with Gasteiger partial charge >= 0.3 is 0 Å². The number of carbonyl (C=O) groups is 1. The molecule has 0 radical (unpaired) electrons. The average molecular weight is 346 g/mol. The zero-order valence-electron chi connectivity index (χ0n) is 14.3. The molecule has 1 saturated heterocycles. The predicted octanol–water partition coefficient (Wildman–Crippen LogP) is 3.54. The standard InChI is InChI=1S/C22H18O4/c1-25-16-11-5-9-14-18(16)22(24)19-15(20(14)23)10-6-12-17(19)26-21(22)13-7-3-2-4-8-13/h2-12,15,19,21,24H,1H3. The number of benzene rings is 2. The van der Waals surface area contributed by atoms with Gasteiger partial charge < -0.3 is 14.6 Å². The van der Waals surface area contributed by atoms with Crippen molar-refractivity contribution in [2.24, 2.45) is 11.8 Å². The summed E-state index contributed by atoms with van der Waals surface area (Å²) in [5, 5.41) is 12.1. The second kappa shape index (κ2) is 5.32. The van der Waals surface area contributed by atoms with Gasteiger partial charge in [-0.2, -0.15) is 0 Å². The largest absolute Gasteiger partial charge is 0.496 e. The van der Waals surface area contributed by atoms with Crippen molar-refractivity contribution >= 4 is 5.78 Å². The summed E-state index contributed by atoms with van der Waals surface area (Å²) in [5.41, 5.74) is 0.528. The van der Waals surface area contributed by atoms with Gasteiger partial charge in [0, 0.05) is 11.1 Å². The predicted molar refractivity (Wildman–Crippen MR) is 95.7 cm³/mol. The van der Waals surface area contributed by atoms with Crippen molar-refractivity contribution in [2.75, 3.05) is 7.11 Å². The van der Waals surface area contributed by atoms with Gasteiger partial charge in [0.15, 0.2) is 11.9 Å². The number of ether oxygens (including phenoxy) is 2. The lowest BCUT2D eigenvalue weighted by atomic mass is 9.62. The Morgan fingerprint density at radius 3 is 2.69 bits per heavy atom. The molecule has 0 saturated carbocycles. The van der Waals surface area contributed by atoms with Crippen LogP contribution in [0.4, 0.5) is 0 Å². The second-order valence-electron chi connectivity index (χ2n) is 6.94. The van der Waals surface area contributed by atoms with E-state index in [0.717, 1.165) is 5.56 Å². The topological polar surface area (TPSA) is 55.8 Å². The summed E-state index contributed by atoms with van der Waals surface area (Å²) in [6.07, 6.45) is 4.95. The number of aliphatic hydroxyl groups is 1. The zero-order chi connectivity index (χ0) is 17.9. The van der Waals surface area contributed by atoms with E-state index in [1.54, 1.807) is 25.3 Å². The normalized spacial score (nSPS) is 30.9. The number of hydrogen-bond donors (Lipinski definition) is 1. The molecule has 4 unspecified atom stereocenters. The lowest BCUT2D eigenvalue weighted by Gasteiger charge is -2.41.